The number of urea groups is 1. The second-order valence-corrected chi connectivity index (χ2v) is 6.07. The van der Waals surface area contributed by atoms with E-state index in [1.54, 1.807) is 4.90 Å². The fourth-order valence-corrected chi connectivity index (χ4v) is 2.95. The summed E-state index contributed by atoms with van der Waals surface area (Å²) in [4.78, 5) is 15.6. The molecule has 2 saturated heterocycles. The summed E-state index contributed by atoms with van der Waals surface area (Å²) in [5.74, 6) is 0.396. The summed E-state index contributed by atoms with van der Waals surface area (Å²) in [6.07, 6.45) is 2.96. The maximum absolute atomic E-state index is 12.1. The van der Waals surface area contributed by atoms with Crippen LogP contribution in [0.5, 0.6) is 0 Å². The number of hydrogen-bond donors (Lipinski definition) is 1. The first-order valence-electron chi connectivity index (χ1n) is 7.11. The number of likely N-dealkylation sites (tertiary alicyclic amines) is 2. The first kappa shape index (κ1) is 14.0. The highest BCUT2D eigenvalue weighted by Crippen LogP contribution is 2.28. The first-order chi connectivity index (χ1) is 10.2. The number of nitrogens with zero attached hydrogens (tertiary/aromatic N) is 3. The molecule has 2 amide bonds. The fraction of sp³-hybridized carbons (Fsp3) is 0.467. The molecule has 0 saturated carbocycles. The van der Waals surface area contributed by atoms with Gasteiger partial charge < -0.3 is 15.1 Å². The summed E-state index contributed by atoms with van der Waals surface area (Å²) < 4.78 is 0. The normalized spacial score (nSPS) is 21.8. The van der Waals surface area contributed by atoms with Gasteiger partial charge in [-0.15, -0.1) is 0 Å². The van der Waals surface area contributed by atoms with E-state index >= 15 is 0 Å². The van der Waals surface area contributed by atoms with E-state index in [1.807, 2.05) is 29.2 Å². The molecular formula is C15H17ClN4O. The SMILES string of the molecule is N#CN1CCC(NC(=O)N2CC(c3ccc(Cl)cc3)C2)C1. The standard InChI is InChI=1S/C15H17ClN4O/c16-13-3-1-11(2-4-13)12-7-20(8-12)15(21)18-14-5-6-19(9-14)10-17/h1-4,12,14H,5-9H2,(H,18,21). The highest BCUT2D eigenvalue weighted by Gasteiger charge is 2.33. The van der Waals surface area contributed by atoms with Crippen LogP contribution in [-0.2, 0) is 0 Å². The highest BCUT2D eigenvalue weighted by molar-refractivity contribution is 6.30. The Morgan fingerprint density at radius 3 is 2.62 bits per heavy atom. The van der Waals surface area contributed by atoms with E-state index in [0.29, 0.717) is 12.5 Å². The summed E-state index contributed by atoms with van der Waals surface area (Å²) in [5, 5.41) is 12.5. The summed E-state index contributed by atoms with van der Waals surface area (Å²) >= 11 is 5.87. The molecule has 2 aliphatic heterocycles. The van der Waals surface area contributed by atoms with Gasteiger partial charge >= 0.3 is 6.03 Å². The van der Waals surface area contributed by atoms with Gasteiger partial charge in [0.1, 0.15) is 0 Å². The molecule has 1 atom stereocenters. The van der Waals surface area contributed by atoms with Gasteiger partial charge in [-0.1, -0.05) is 23.7 Å². The summed E-state index contributed by atoms with van der Waals surface area (Å²) in [7, 11) is 0. The van der Waals surface area contributed by atoms with Crippen LogP contribution in [0.2, 0.25) is 5.02 Å². The van der Waals surface area contributed by atoms with Gasteiger partial charge in [0.05, 0.1) is 6.04 Å². The van der Waals surface area contributed by atoms with Crippen LogP contribution in [0, 0.1) is 11.5 Å². The molecular weight excluding hydrogens is 288 g/mol. The topological polar surface area (TPSA) is 59.4 Å². The lowest BCUT2D eigenvalue weighted by atomic mass is 9.92. The molecule has 6 heteroatoms. The van der Waals surface area contributed by atoms with Crippen molar-refractivity contribution in [2.45, 2.75) is 18.4 Å². The van der Waals surface area contributed by atoms with Crippen LogP contribution < -0.4 is 5.32 Å². The second kappa shape index (κ2) is 5.82. The zero-order valence-corrected chi connectivity index (χ0v) is 12.4. The molecule has 21 heavy (non-hydrogen) atoms. The van der Waals surface area contributed by atoms with Gasteiger partial charge in [0, 0.05) is 37.1 Å². The summed E-state index contributed by atoms with van der Waals surface area (Å²) in [6.45, 7) is 2.83. The molecule has 5 nitrogen and oxygen atoms in total. The molecule has 2 heterocycles. The maximum Gasteiger partial charge on any atom is 0.317 e. The van der Waals surface area contributed by atoms with Crippen LogP contribution in [0.15, 0.2) is 24.3 Å². The van der Waals surface area contributed by atoms with Crippen LogP contribution in [-0.4, -0.2) is 48.1 Å². The number of hydrogen-bond acceptors (Lipinski definition) is 3. The Morgan fingerprint density at radius 1 is 1.29 bits per heavy atom. The van der Waals surface area contributed by atoms with Crippen molar-refractivity contribution in [1.82, 2.24) is 15.1 Å². The van der Waals surface area contributed by atoms with Crippen molar-refractivity contribution in [1.29, 1.82) is 5.26 Å². The molecule has 0 bridgehead atoms. The molecule has 2 aliphatic rings. The molecule has 2 fully saturated rings. The van der Waals surface area contributed by atoms with Crippen molar-refractivity contribution in [3.63, 3.8) is 0 Å². The Morgan fingerprint density at radius 2 is 2.00 bits per heavy atom. The third kappa shape index (κ3) is 3.06. The molecule has 110 valence electrons. The predicted octanol–water partition coefficient (Wildman–Crippen LogP) is 2.00. The van der Waals surface area contributed by atoms with Crippen molar-refractivity contribution in [2.75, 3.05) is 26.2 Å². The van der Waals surface area contributed by atoms with Crippen LogP contribution in [0.3, 0.4) is 0 Å². The summed E-state index contributed by atoms with van der Waals surface area (Å²) in [6, 6.07) is 7.87. The van der Waals surface area contributed by atoms with E-state index in [4.69, 9.17) is 16.9 Å². The van der Waals surface area contributed by atoms with Crippen LogP contribution in [0.4, 0.5) is 4.79 Å². The molecule has 1 aromatic carbocycles. The van der Waals surface area contributed by atoms with Crippen LogP contribution in [0.25, 0.3) is 0 Å². The van der Waals surface area contributed by atoms with Gasteiger partial charge in [-0.05, 0) is 24.1 Å². The lowest BCUT2D eigenvalue weighted by molar-refractivity contribution is 0.148. The van der Waals surface area contributed by atoms with E-state index in [9.17, 15) is 4.79 Å². The van der Waals surface area contributed by atoms with E-state index in [-0.39, 0.29) is 12.1 Å². The molecule has 0 spiro atoms. The minimum absolute atomic E-state index is 0.0231. The molecule has 0 aromatic heterocycles. The smallest absolute Gasteiger partial charge is 0.317 e. The van der Waals surface area contributed by atoms with Gasteiger partial charge in [-0.2, -0.15) is 5.26 Å². The summed E-state index contributed by atoms with van der Waals surface area (Å²) in [5.41, 5.74) is 1.22. The minimum Gasteiger partial charge on any atom is -0.333 e. The highest BCUT2D eigenvalue weighted by atomic mass is 35.5. The van der Waals surface area contributed by atoms with Crippen molar-refractivity contribution in [3.8, 4) is 6.19 Å². The average molecular weight is 305 g/mol. The van der Waals surface area contributed by atoms with Gasteiger partial charge in [0.25, 0.3) is 0 Å². The Kier molecular flexibility index (Phi) is 3.89. The Bertz CT molecular complexity index is 562. The lowest BCUT2D eigenvalue weighted by Crippen LogP contribution is -2.54. The first-order valence-corrected chi connectivity index (χ1v) is 7.49. The van der Waals surface area contributed by atoms with Crippen LogP contribution in [0.1, 0.15) is 17.9 Å². The molecule has 3 rings (SSSR count). The number of nitriles is 1. The number of nitrogens with one attached hydrogen (secondary N) is 1. The van der Waals surface area contributed by atoms with Gasteiger partial charge in [0.2, 0.25) is 0 Å². The molecule has 1 aromatic rings. The average Bonchev–Trinajstić information content (AvgIpc) is 2.87. The van der Waals surface area contributed by atoms with Gasteiger partial charge in [-0.3, -0.25) is 0 Å². The fourth-order valence-electron chi connectivity index (χ4n) is 2.82. The maximum atomic E-state index is 12.1. The van der Waals surface area contributed by atoms with Gasteiger partial charge in [-0.25, -0.2) is 4.79 Å². The van der Waals surface area contributed by atoms with Crippen LogP contribution >= 0.6 is 11.6 Å². The van der Waals surface area contributed by atoms with Gasteiger partial charge in [0.15, 0.2) is 6.19 Å². The van der Waals surface area contributed by atoms with E-state index < -0.39 is 0 Å². The number of benzene rings is 1. The number of halogens is 1. The lowest BCUT2D eigenvalue weighted by Gasteiger charge is -2.40. The monoisotopic (exact) mass is 304 g/mol. The number of carbonyl (C=O) groups excluding carboxylic acids is 1. The number of amides is 2. The molecule has 0 aliphatic carbocycles. The van der Waals surface area contributed by atoms with E-state index in [0.717, 1.165) is 31.1 Å². The van der Waals surface area contributed by atoms with Crippen molar-refractivity contribution in [2.24, 2.45) is 0 Å². The predicted molar refractivity (Wildman–Crippen MR) is 79.9 cm³/mol. The number of rotatable bonds is 2. The second-order valence-electron chi connectivity index (χ2n) is 5.63. The molecule has 1 N–H and O–H groups in total. The Hall–Kier alpha value is -1.93. The zero-order valence-electron chi connectivity index (χ0n) is 11.6. The van der Waals surface area contributed by atoms with E-state index in [1.165, 1.54) is 5.56 Å². The third-order valence-electron chi connectivity index (χ3n) is 4.17. The third-order valence-corrected chi connectivity index (χ3v) is 4.42. The largest absolute Gasteiger partial charge is 0.333 e. The van der Waals surface area contributed by atoms with Crippen molar-refractivity contribution in [3.05, 3.63) is 34.9 Å². The van der Waals surface area contributed by atoms with Crippen molar-refractivity contribution < 1.29 is 4.79 Å². The quantitative estimate of drug-likeness (QED) is 0.850. The Balaban J connectivity index is 1.47. The van der Waals surface area contributed by atoms with E-state index in [2.05, 4.69) is 11.5 Å². The molecule has 1 unspecified atom stereocenters. The zero-order chi connectivity index (χ0) is 14.8. The molecule has 0 radical (unpaired) electrons. The van der Waals surface area contributed by atoms with Crippen molar-refractivity contribution >= 4 is 17.6 Å². The number of carbonyl (C=O) groups is 1. The minimum atomic E-state index is -0.0231. The Labute approximate surface area is 129 Å².